The number of carbonyl (C=O) groups excluding carboxylic acids is 1. The summed E-state index contributed by atoms with van der Waals surface area (Å²) >= 11 is 4.98. The van der Waals surface area contributed by atoms with Gasteiger partial charge in [0.05, 0.1) is 0 Å². The Morgan fingerprint density at radius 3 is 2.02 bits per heavy atom. The third-order valence-corrected chi connectivity index (χ3v) is 13.2. The van der Waals surface area contributed by atoms with Crippen molar-refractivity contribution in [2.24, 2.45) is 0 Å². The van der Waals surface area contributed by atoms with Crippen LogP contribution in [-0.2, 0) is 51.5 Å². The van der Waals surface area contributed by atoms with Crippen LogP contribution in [0.15, 0.2) is 159 Å². The lowest BCUT2D eigenvalue weighted by Crippen LogP contribution is -2.04. The van der Waals surface area contributed by atoms with Crippen LogP contribution in [0.4, 0.5) is 0 Å². The molecule has 1 aliphatic carbocycles. The van der Waals surface area contributed by atoms with Crippen LogP contribution in [0.1, 0.15) is 36.0 Å². The first-order valence-corrected chi connectivity index (χ1v) is 25.4. The van der Waals surface area contributed by atoms with Gasteiger partial charge in [0.15, 0.2) is 0 Å². The quantitative estimate of drug-likeness (QED) is 0.0564. The number of ether oxygens (including phenoxy) is 1. The van der Waals surface area contributed by atoms with E-state index in [0.717, 1.165) is 45.8 Å². The fourth-order valence-corrected chi connectivity index (χ4v) is 10.5. The highest BCUT2D eigenvalue weighted by Gasteiger charge is 2.23. The highest BCUT2D eigenvalue weighted by Crippen LogP contribution is 2.46. The van der Waals surface area contributed by atoms with Gasteiger partial charge in [0.2, 0.25) is 20.9 Å². The van der Waals surface area contributed by atoms with Crippen LogP contribution in [0.2, 0.25) is 0 Å². The smallest absolute Gasteiger partial charge is 0.425 e. The Labute approximate surface area is 385 Å². The predicted molar refractivity (Wildman–Crippen MR) is 248 cm³/mol. The molecule has 5 aromatic rings. The number of benzene rings is 4. The summed E-state index contributed by atoms with van der Waals surface area (Å²) < 4.78 is 117. The Hall–Kier alpha value is -5.65. The number of fused-ring (bicyclic) bond motifs is 2. The van der Waals surface area contributed by atoms with Crippen molar-refractivity contribution in [2.75, 3.05) is 12.4 Å². The monoisotopic (exact) mass is 999 g/mol. The molecule has 1 aromatic heterocycles. The maximum atomic E-state index is 12.3. The molecule has 0 unspecified atom stereocenters. The fourth-order valence-electron chi connectivity index (χ4n) is 6.40. The lowest BCUT2D eigenvalue weighted by atomic mass is 9.93. The Morgan fingerprint density at radius 1 is 0.734 bits per heavy atom. The van der Waals surface area contributed by atoms with E-state index in [1.807, 2.05) is 30.3 Å². The normalized spacial score (nSPS) is 14.4. The summed E-state index contributed by atoms with van der Waals surface area (Å²) in [7, 11) is -13.8. The van der Waals surface area contributed by atoms with E-state index in [0.29, 0.717) is 24.4 Å². The molecule has 0 saturated carbocycles. The number of allylic oxidation sites excluding steroid dienone is 7. The van der Waals surface area contributed by atoms with E-state index in [2.05, 4.69) is 85.0 Å². The molecular weight excluding hydrogens is 965 g/mol. The van der Waals surface area contributed by atoms with Gasteiger partial charge in [0.25, 0.3) is 16.6 Å². The lowest BCUT2D eigenvalue weighted by molar-refractivity contribution is -0.128. The number of thioether (sulfide) groups is 2. The van der Waals surface area contributed by atoms with Crippen LogP contribution >= 0.6 is 34.9 Å². The second-order valence-corrected chi connectivity index (χ2v) is 18.7. The second-order valence-electron chi connectivity index (χ2n) is 12.8. The van der Waals surface area contributed by atoms with Crippen molar-refractivity contribution < 1.29 is 60.4 Å². The highest BCUT2D eigenvalue weighted by atomic mass is 32.2. The minimum absolute atomic E-state index is 0.114. The molecule has 2 heterocycles. The highest BCUT2D eigenvalue weighted by molar-refractivity contribution is 8.08. The van der Waals surface area contributed by atoms with E-state index in [9.17, 15) is 17.8 Å². The van der Waals surface area contributed by atoms with Crippen molar-refractivity contribution in [3.05, 3.63) is 166 Å². The molecule has 2 aliphatic rings. The Kier molecular flexibility index (Phi) is 20.4. The van der Waals surface area contributed by atoms with Crippen LogP contribution in [0.25, 0.3) is 37.1 Å². The first kappa shape index (κ1) is 51.0. The topological polar surface area (TPSA) is 234 Å². The zero-order valence-corrected chi connectivity index (χ0v) is 38.7. The largest absolute Gasteiger partial charge is 0.467 e. The van der Waals surface area contributed by atoms with Crippen molar-refractivity contribution in [2.45, 2.75) is 29.1 Å². The number of hydrogen-bond donors (Lipinski definition) is 1. The Balaban J connectivity index is 0.000000668. The molecule has 4 aromatic carbocycles. The van der Waals surface area contributed by atoms with Gasteiger partial charge in [-0.2, -0.15) is 8.42 Å². The van der Waals surface area contributed by atoms with Crippen LogP contribution in [-0.4, -0.2) is 69.7 Å². The summed E-state index contributed by atoms with van der Waals surface area (Å²) in [5, 5.41) is 1.21. The van der Waals surface area contributed by atoms with Crippen LogP contribution in [0.5, 0.6) is 0 Å². The minimum atomic E-state index is -4.42. The summed E-state index contributed by atoms with van der Waals surface area (Å²) in [6.45, 7) is 0.810. The SMILES string of the molecule is O=COCCSC1=C(/C=C/c2cc(-c3ccccc3)[s+]c3ccccc23)CCC/C1=C\C=C1/C=C(c2ccccc2S(=O)(=O)O)Sc2ccccc21.O=S(=O)=O.O=S(=O)=O.O=S(=O)=O. The van der Waals surface area contributed by atoms with E-state index >= 15 is 0 Å². The summed E-state index contributed by atoms with van der Waals surface area (Å²) in [5.41, 5.74) is 7.25. The maximum absolute atomic E-state index is 12.3. The molecule has 7 rings (SSSR count). The lowest BCUT2D eigenvalue weighted by Gasteiger charge is -2.22. The molecule has 0 amide bonds. The first-order valence-electron chi connectivity index (χ1n) is 18.4. The molecule has 1 N–H and O–H groups in total. The van der Waals surface area contributed by atoms with Gasteiger partial charge in [-0.15, -0.1) is 49.6 Å². The van der Waals surface area contributed by atoms with Crippen molar-refractivity contribution >= 4 is 110 Å². The molecule has 0 fully saturated rings. The van der Waals surface area contributed by atoms with Gasteiger partial charge in [-0.05, 0) is 83.5 Å². The van der Waals surface area contributed by atoms with Gasteiger partial charge in [0.1, 0.15) is 11.5 Å². The average molecular weight is 1000 g/mol. The number of carbonyl (C=O) groups is 1. The molecule has 0 saturated heterocycles. The second kappa shape index (κ2) is 25.6. The molecule has 0 atom stereocenters. The first-order chi connectivity index (χ1) is 30.6. The fraction of sp³-hybridized carbons (Fsp3) is 0.116. The van der Waals surface area contributed by atoms with Gasteiger partial charge in [-0.1, -0.05) is 103 Å². The van der Waals surface area contributed by atoms with Gasteiger partial charge in [-0.25, -0.2) is 0 Å². The molecule has 0 bridgehead atoms. The zero-order valence-electron chi connectivity index (χ0n) is 33.0. The molecule has 332 valence electrons. The van der Waals surface area contributed by atoms with E-state index in [-0.39, 0.29) is 4.90 Å². The van der Waals surface area contributed by atoms with E-state index in [1.54, 1.807) is 41.3 Å². The minimum Gasteiger partial charge on any atom is -0.467 e. The van der Waals surface area contributed by atoms with Crippen molar-refractivity contribution in [1.82, 2.24) is 0 Å². The Morgan fingerprint density at radius 2 is 1.34 bits per heavy atom. The summed E-state index contributed by atoms with van der Waals surface area (Å²) in [6.07, 6.45) is 13.6. The van der Waals surface area contributed by atoms with Gasteiger partial charge in [0, 0.05) is 49.1 Å². The molecule has 14 nitrogen and oxygen atoms in total. The van der Waals surface area contributed by atoms with Crippen LogP contribution < -0.4 is 0 Å². The van der Waals surface area contributed by atoms with Crippen molar-refractivity contribution in [3.63, 3.8) is 0 Å². The van der Waals surface area contributed by atoms with Gasteiger partial charge >= 0.3 is 31.8 Å². The molecule has 0 radical (unpaired) electrons. The van der Waals surface area contributed by atoms with E-state index in [1.165, 1.54) is 54.4 Å². The molecule has 1 aliphatic heterocycles. The third kappa shape index (κ3) is 16.2. The predicted octanol–water partition coefficient (Wildman–Crippen LogP) is 8.60. The standard InChI is InChI=1S/C43H34O5S4.3O3S/c44-29-48-25-26-49-43-31(21-23-33-27-40(30-11-2-1-3-12-30)50-38-18-7-4-15-35(33)38)13-10-14-32(43)22-24-34-28-41(51-39-19-8-5-16-36(34)39)37-17-6-9-20-42(37)52(45,46)47;3*1-4(2)3/h1-9,11-12,15-24,27-29H,10,13-14,25-26H2;;;/p+1. The van der Waals surface area contributed by atoms with Crippen LogP contribution in [0, 0.1) is 0 Å². The summed E-state index contributed by atoms with van der Waals surface area (Å²) in [6, 6.07) is 35.9. The van der Waals surface area contributed by atoms with Gasteiger partial charge in [-0.3, -0.25) is 9.35 Å². The van der Waals surface area contributed by atoms with Crippen molar-refractivity contribution in [1.29, 1.82) is 0 Å². The zero-order chi connectivity index (χ0) is 46.6. The van der Waals surface area contributed by atoms with E-state index in [4.69, 9.17) is 42.6 Å². The molecule has 64 heavy (non-hydrogen) atoms. The van der Waals surface area contributed by atoms with Crippen molar-refractivity contribution in [3.8, 4) is 10.4 Å². The summed E-state index contributed by atoms with van der Waals surface area (Å²) in [4.78, 5) is 15.0. The molecule has 0 spiro atoms. The summed E-state index contributed by atoms with van der Waals surface area (Å²) in [5.74, 6) is 0.628. The van der Waals surface area contributed by atoms with E-state index < -0.39 is 41.9 Å². The molecular formula is C43H35O14S7+. The number of hydrogen-bond acceptors (Lipinski definition) is 15. The Bertz CT molecular complexity index is 3040. The maximum Gasteiger partial charge on any atom is 0.425 e. The van der Waals surface area contributed by atoms with Crippen LogP contribution in [0.3, 0.4) is 0 Å². The number of rotatable bonds is 11. The molecule has 21 heteroatoms. The van der Waals surface area contributed by atoms with Gasteiger partial charge < -0.3 is 4.74 Å². The average Bonchev–Trinajstić information content (AvgIpc) is 3.25. The third-order valence-electron chi connectivity index (χ3n) is 8.82.